The van der Waals surface area contributed by atoms with E-state index in [0.717, 1.165) is 5.69 Å². The van der Waals surface area contributed by atoms with Crippen LogP contribution in [0.1, 0.15) is 37.6 Å². The Balaban J connectivity index is 0.00000116. The fourth-order valence-electron chi connectivity index (χ4n) is 1.82. The van der Waals surface area contributed by atoms with Gasteiger partial charge in [0.15, 0.2) is 0 Å². The van der Waals surface area contributed by atoms with Crippen LogP contribution in [0.4, 0.5) is 11.4 Å². The first-order valence-electron chi connectivity index (χ1n) is 7.16. The zero-order valence-electron chi connectivity index (χ0n) is 13.4. The van der Waals surface area contributed by atoms with E-state index in [2.05, 4.69) is 10.3 Å². The van der Waals surface area contributed by atoms with Crippen molar-refractivity contribution in [1.29, 1.82) is 5.41 Å². The lowest BCUT2D eigenvalue weighted by Gasteiger charge is -2.10. The second kappa shape index (κ2) is 7.93. The number of nitrogens with two attached hydrogens (primary N) is 1. The molecule has 0 unspecified atom stereocenters. The molecule has 2 aromatic rings. The van der Waals surface area contributed by atoms with Gasteiger partial charge in [0.2, 0.25) is 5.91 Å². The first-order valence-corrected chi connectivity index (χ1v) is 7.16. The highest BCUT2D eigenvalue weighted by molar-refractivity contribution is 6.14. The van der Waals surface area contributed by atoms with Crippen LogP contribution in [0.15, 0.2) is 36.5 Å². The van der Waals surface area contributed by atoms with Gasteiger partial charge in [-0.3, -0.25) is 15.2 Å². The Morgan fingerprint density at radius 1 is 1.23 bits per heavy atom. The van der Waals surface area contributed by atoms with E-state index in [4.69, 9.17) is 11.1 Å². The van der Waals surface area contributed by atoms with E-state index in [1.165, 1.54) is 6.92 Å². The minimum Gasteiger partial charge on any atom is -0.398 e. The van der Waals surface area contributed by atoms with Crippen molar-refractivity contribution in [2.45, 2.75) is 27.7 Å². The van der Waals surface area contributed by atoms with Crippen LogP contribution < -0.4 is 11.1 Å². The molecule has 1 amide bonds. The number of carbonyl (C=O) groups excluding carboxylic acids is 1. The number of hydrogen-bond donors (Lipinski definition) is 3. The molecule has 0 saturated heterocycles. The molecule has 2 rings (SSSR count). The summed E-state index contributed by atoms with van der Waals surface area (Å²) >= 11 is 0. The molecule has 0 saturated carbocycles. The molecule has 0 radical (unpaired) electrons. The minimum absolute atomic E-state index is 0.163. The van der Waals surface area contributed by atoms with Crippen LogP contribution >= 0.6 is 0 Å². The summed E-state index contributed by atoms with van der Waals surface area (Å²) in [4.78, 5) is 15.3. The molecule has 1 aromatic carbocycles. The molecular weight excluding hydrogens is 276 g/mol. The maximum atomic E-state index is 11.1. The van der Waals surface area contributed by atoms with Gasteiger partial charge in [-0.25, -0.2) is 0 Å². The maximum Gasteiger partial charge on any atom is 0.221 e. The molecular formula is C17H22N4O. The van der Waals surface area contributed by atoms with Crippen molar-refractivity contribution in [1.82, 2.24) is 4.98 Å². The van der Waals surface area contributed by atoms with E-state index in [1.54, 1.807) is 24.4 Å². The highest BCUT2D eigenvalue weighted by atomic mass is 16.1. The Morgan fingerprint density at radius 2 is 1.91 bits per heavy atom. The lowest BCUT2D eigenvalue weighted by molar-refractivity contribution is -0.114. The average Bonchev–Trinajstić information content (AvgIpc) is 2.51. The molecule has 1 aromatic heterocycles. The molecule has 0 aliphatic heterocycles. The summed E-state index contributed by atoms with van der Waals surface area (Å²) in [5.74, 6) is -0.163. The summed E-state index contributed by atoms with van der Waals surface area (Å²) in [5.41, 5.74) is 9.45. The zero-order valence-corrected chi connectivity index (χ0v) is 13.4. The van der Waals surface area contributed by atoms with Gasteiger partial charge in [0, 0.05) is 41.3 Å². The average molecular weight is 298 g/mol. The molecule has 22 heavy (non-hydrogen) atoms. The SMILES string of the molecule is CC.CC(=O)Nc1ccc(N)c(C(=N)c2ccc(C)nc2)c1. The molecule has 0 aliphatic rings. The summed E-state index contributed by atoms with van der Waals surface area (Å²) < 4.78 is 0. The lowest BCUT2D eigenvalue weighted by Crippen LogP contribution is -2.10. The van der Waals surface area contributed by atoms with Crippen molar-refractivity contribution in [2.24, 2.45) is 0 Å². The number of pyridine rings is 1. The van der Waals surface area contributed by atoms with E-state index >= 15 is 0 Å². The smallest absolute Gasteiger partial charge is 0.221 e. The minimum atomic E-state index is -0.163. The van der Waals surface area contributed by atoms with Crippen molar-refractivity contribution in [2.75, 3.05) is 11.1 Å². The van der Waals surface area contributed by atoms with Crippen molar-refractivity contribution in [3.8, 4) is 0 Å². The van der Waals surface area contributed by atoms with E-state index in [0.29, 0.717) is 22.5 Å². The van der Waals surface area contributed by atoms with E-state index in [-0.39, 0.29) is 11.6 Å². The van der Waals surface area contributed by atoms with Crippen LogP contribution in [0.3, 0.4) is 0 Å². The van der Waals surface area contributed by atoms with Crippen LogP contribution in [0.25, 0.3) is 0 Å². The number of hydrogen-bond acceptors (Lipinski definition) is 4. The highest BCUT2D eigenvalue weighted by Gasteiger charge is 2.10. The Morgan fingerprint density at radius 3 is 2.45 bits per heavy atom. The topological polar surface area (TPSA) is 91.9 Å². The third-order valence-corrected chi connectivity index (χ3v) is 2.84. The Hall–Kier alpha value is -2.69. The van der Waals surface area contributed by atoms with Gasteiger partial charge in [-0.05, 0) is 37.3 Å². The van der Waals surface area contributed by atoms with Crippen molar-refractivity contribution < 1.29 is 4.79 Å². The predicted octanol–water partition coefficient (Wildman–Crippen LogP) is 3.37. The maximum absolute atomic E-state index is 11.1. The summed E-state index contributed by atoms with van der Waals surface area (Å²) in [6, 6.07) is 8.75. The molecule has 116 valence electrons. The summed E-state index contributed by atoms with van der Waals surface area (Å²) in [6.07, 6.45) is 1.64. The number of amides is 1. The van der Waals surface area contributed by atoms with Gasteiger partial charge in [-0.2, -0.15) is 0 Å². The number of benzene rings is 1. The summed E-state index contributed by atoms with van der Waals surface area (Å²) in [5, 5.41) is 10.9. The molecule has 0 atom stereocenters. The lowest BCUT2D eigenvalue weighted by atomic mass is 10.0. The normalized spacial score (nSPS) is 9.45. The number of rotatable bonds is 3. The molecule has 5 heteroatoms. The van der Waals surface area contributed by atoms with Gasteiger partial charge in [-0.1, -0.05) is 13.8 Å². The van der Waals surface area contributed by atoms with E-state index in [1.807, 2.05) is 32.9 Å². The Labute approximate surface area is 131 Å². The van der Waals surface area contributed by atoms with E-state index in [9.17, 15) is 4.79 Å². The standard InChI is InChI=1S/C15H16N4O.C2H6/c1-9-3-4-11(8-18-9)15(17)13-7-12(19-10(2)20)5-6-14(13)16;1-2/h3-8,17H,16H2,1-2H3,(H,19,20);1-2H3. The molecule has 4 N–H and O–H groups in total. The Kier molecular flexibility index (Phi) is 6.25. The third-order valence-electron chi connectivity index (χ3n) is 2.84. The highest BCUT2D eigenvalue weighted by Crippen LogP contribution is 2.21. The number of carbonyl (C=O) groups is 1. The largest absolute Gasteiger partial charge is 0.398 e. The number of nitrogens with zero attached hydrogens (tertiary/aromatic N) is 1. The number of aryl methyl sites for hydroxylation is 1. The van der Waals surface area contributed by atoms with Crippen LogP contribution in [0.2, 0.25) is 0 Å². The quantitative estimate of drug-likeness (QED) is 0.599. The van der Waals surface area contributed by atoms with Gasteiger partial charge in [0.1, 0.15) is 0 Å². The summed E-state index contributed by atoms with van der Waals surface area (Å²) in [7, 11) is 0. The van der Waals surface area contributed by atoms with Crippen molar-refractivity contribution in [3.05, 3.63) is 53.3 Å². The van der Waals surface area contributed by atoms with E-state index < -0.39 is 0 Å². The molecule has 5 nitrogen and oxygen atoms in total. The summed E-state index contributed by atoms with van der Waals surface area (Å²) in [6.45, 7) is 7.32. The van der Waals surface area contributed by atoms with Gasteiger partial charge in [0.25, 0.3) is 0 Å². The molecule has 1 heterocycles. The van der Waals surface area contributed by atoms with Crippen LogP contribution in [0.5, 0.6) is 0 Å². The molecule has 0 spiro atoms. The van der Waals surface area contributed by atoms with Crippen LogP contribution in [-0.2, 0) is 4.79 Å². The second-order valence-corrected chi connectivity index (χ2v) is 4.55. The monoisotopic (exact) mass is 298 g/mol. The van der Waals surface area contributed by atoms with Gasteiger partial charge >= 0.3 is 0 Å². The fraction of sp³-hybridized carbons (Fsp3) is 0.235. The fourth-order valence-corrected chi connectivity index (χ4v) is 1.82. The predicted molar refractivity (Wildman–Crippen MR) is 91.4 cm³/mol. The Bertz CT molecular complexity index is 663. The zero-order chi connectivity index (χ0) is 16.7. The van der Waals surface area contributed by atoms with Gasteiger partial charge < -0.3 is 11.1 Å². The van der Waals surface area contributed by atoms with Crippen molar-refractivity contribution >= 4 is 23.0 Å². The number of anilines is 2. The molecule has 0 aliphatic carbocycles. The van der Waals surface area contributed by atoms with Crippen LogP contribution in [0, 0.1) is 12.3 Å². The number of nitrogen functional groups attached to an aromatic ring is 1. The van der Waals surface area contributed by atoms with Crippen molar-refractivity contribution in [3.63, 3.8) is 0 Å². The molecule has 0 bridgehead atoms. The van der Waals surface area contributed by atoms with Gasteiger partial charge in [0.05, 0.1) is 5.71 Å². The van der Waals surface area contributed by atoms with Gasteiger partial charge in [-0.15, -0.1) is 0 Å². The molecule has 0 fully saturated rings. The first kappa shape index (κ1) is 17.4. The number of nitrogens with one attached hydrogen (secondary N) is 2. The third kappa shape index (κ3) is 4.41. The number of aromatic nitrogens is 1. The van der Waals surface area contributed by atoms with Crippen LogP contribution in [-0.4, -0.2) is 16.6 Å². The second-order valence-electron chi connectivity index (χ2n) is 4.55. The first-order chi connectivity index (χ1) is 10.5.